The fourth-order valence-corrected chi connectivity index (χ4v) is 2.23. The fraction of sp³-hybridized carbons (Fsp3) is 0.571. The SMILES string of the molecule is CC(C)(c1ccccc1)C(CCCC(F)(F)F)NN. The van der Waals surface area contributed by atoms with Crippen molar-refractivity contribution in [2.45, 2.75) is 50.7 Å². The normalized spacial score (nSPS) is 14.4. The van der Waals surface area contributed by atoms with Gasteiger partial charge in [0.1, 0.15) is 0 Å². The van der Waals surface area contributed by atoms with Crippen LogP contribution < -0.4 is 11.3 Å². The molecule has 108 valence electrons. The van der Waals surface area contributed by atoms with Crippen LogP contribution in [0.25, 0.3) is 0 Å². The molecule has 1 rings (SSSR count). The molecule has 0 aliphatic heterocycles. The molecule has 0 aliphatic rings. The Morgan fingerprint density at radius 1 is 1.16 bits per heavy atom. The standard InChI is InChI=1S/C14H21F3N2/c1-13(2,11-7-4-3-5-8-11)12(19-18)9-6-10-14(15,16)17/h3-5,7-8,12,19H,6,9-10,18H2,1-2H3. The third-order valence-corrected chi connectivity index (χ3v) is 3.54. The van der Waals surface area contributed by atoms with Crippen LogP contribution in [0.3, 0.4) is 0 Å². The van der Waals surface area contributed by atoms with Gasteiger partial charge in [-0.3, -0.25) is 11.3 Å². The van der Waals surface area contributed by atoms with Gasteiger partial charge in [0.15, 0.2) is 0 Å². The Hall–Kier alpha value is -1.07. The van der Waals surface area contributed by atoms with Crippen LogP contribution in [0, 0.1) is 0 Å². The summed E-state index contributed by atoms with van der Waals surface area (Å²) in [5, 5.41) is 0. The van der Waals surface area contributed by atoms with Crippen molar-refractivity contribution in [3.63, 3.8) is 0 Å². The molecule has 0 saturated carbocycles. The van der Waals surface area contributed by atoms with Gasteiger partial charge in [0.25, 0.3) is 0 Å². The van der Waals surface area contributed by atoms with Gasteiger partial charge in [-0.25, -0.2) is 0 Å². The number of rotatable bonds is 6. The average Bonchev–Trinajstić information content (AvgIpc) is 2.34. The molecule has 2 nitrogen and oxygen atoms in total. The highest BCUT2D eigenvalue weighted by Gasteiger charge is 2.32. The highest BCUT2D eigenvalue weighted by molar-refractivity contribution is 5.25. The van der Waals surface area contributed by atoms with Gasteiger partial charge in [0.2, 0.25) is 0 Å². The van der Waals surface area contributed by atoms with Crippen molar-refractivity contribution in [2.24, 2.45) is 5.84 Å². The summed E-state index contributed by atoms with van der Waals surface area (Å²) in [7, 11) is 0. The van der Waals surface area contributed by atoms with Crippen LogP contribution in [0.5, 0.6) is 0 Å². The van der Waals surface area contributed by atoms with Gasteiger partial charge >= 0.3 is 6.18 Å². The maximum absolute atomic E-state index is 12.2. The van der Waals surface area contributed by atoms with E-state index in [0.717, 1.165) is 5.56 Å². The fourth-order valence-electron chi connectivity index (χ4n) is 2.23. The minimum Gasteiger partial charge on any atom is -0.271 e. The van der Waals surface area contributed by atoms with Gasteiger partial charge in [-0.05, 0) is 18.4 Å². The second-order valence-corrected chi connectivity index (χ2v) is 5.31. The molecule has 0 aromatic heterocycles. The van der Waals surface area contributed by atoms with Crippen LogP contribution in [-0.4, -0.2) is 12.2 Å². The van der Waals surface area contributed by atoms with Crippen LogP contribution in [0.4, 0.5) is 13.2 Å². The summed E-state index contributed by atoms with van der Waals surface area (Å²) in [5.41, 5.74) is 3.40. The van der Waals surface area contributed by atoms with E-state index in [-0.39, 0.29) is 17.9 Å². The summed E-state index contributed by atoms with van der Waals surface area (Å²) in [6.45, 7) is 3.97. The zero-order chi connectivity index (χ0) is 14.5. The Kier molecular flexibility index (Phi) is 5.38. The minimum absolute atomic E-state index is 0.0780. The molecule has 0 heterocycles. The van der Waals surface area contributed by atoms with Crippen molar-refractivity contribution >= 4 is 0 Å². The third kappa shape index (κ3) is 4.84. The van der Waals surface area contributed by atoms with Crippen molar-refractivity contribution < 1.29 is 13.2 Å². The first-order valence-corrected chi connectivity index (χ1v) is 6.36. The van der Waals surface area contributed by atoms with Crippen LogP contribution >= 0.6 is 0 Å². The number of halogens is 3. The van der Waals surface area contributed by atoms with Crippen molar-refractivity contribution in [1.29, 1.82) is 0 Å². The molecule has 0 saturated heterocycles. The number of nitrogens with two attached hydrogens (primary N) is 1. The molecule has 1 atom stereocenters. The van der Waals surface area contributed by atoms with Crippen molar-refractivity contribution in [2.75, 3.05) is 0 Å². The van der Waals surface area contributed by atoms with Crippen LogP contribution in [0.1, 0.15) is 38.7 Å². The molecular weight excluding hydrogens is 253 g/mol. The molecule has 1 aromatic rings. The minimum atomic E-state index is -4.10. The first-order chi connectivity index (χ1) is 8.77. The van der Waals surface area contributed by atoms with Gasteiger partial charge in [0, 0.05) is 17.9 Å². The Morgan fingerprint density at radius 2 is 1.74 bits per heavy atom. The summed E-state index contributed by atoms with van der Waals surface area (Å²) in [6.07, 6.45) is -4.40. The first-order valence-electron chi connectivity index (χ1n) is 6.36. The first kappa shape index (κ1) is 16.0. The second kappa shape index (κ2) is 6.39. The number of hydrogen-bond acceptors (Lipinski definition) is 2. The number of nitrogens with one attached hydrogen (secondary N) is 1. The lowest BCUT2D eigenvalue weighted by molar-refractivity contribution is -0.136. The molecule has 0 radical (unpaired) electrons. The molecule has 1 aromatic carbocycles. The summed E-state index contributed by atoms with van der Waals surface area (Å²) in [6, 6.07) is 9.48. The summed E-state index contributed by atoms with van der Waals surface area (Å²) >= 11 is 0. The van der Waals surface area contributed by atoms with Gasteiger partial charge in [-0.1, -0.05) is 44.2 Å². The molecule has 0 bridgehead atoms. The molecule has 0 amide bonds. The molecular formula is C14H21F3N2. The highest BCUT2D eigenvalue weighted by atomic mass is 19.4. The molecule has 0 spiro atoms. The molecule has 1 unspecified atom stereocenters. The van der Waals surface area contributed by atoms with Crippen LogP contribution in [0.15, 0.2) is 30.3 Å². The van der Waals surface area contributed by atoms with E-state index in [2.05, 4.69) is 5.43 Å². The van der Waals surface area contributed by atoms with Crippen LogP contribution in [-0.2, 0) is 5.41 Å². The number of hydrogen-bond donors (Lipinski definition) is 2. The Bertz CT molecular complexity index is 374. The molecule has 5 heteroatoms. The number of alkyl halides is 3. The van der Waals surface area contributed by atoms with Gasteiger partial charge in [0.05, 0.1) is 0 Å². The van der Waals surface area contributed by atoms with E-state index in [1.54, 1.807) is 0 Å². The highest BCUT2D eigenvalue weighted by Crippen LogP contribution is 2.31. The number of benzene rings is 1. The predicted octanol–water partition coefficient (Wildman–Crippen LogP) is 3.53. The van der Waals surface area contributed by atoms with E-state index in [1.807, 2.05) is 44.2 Å². The van der Waals surface area contributed by atoms with E-state index >= 15 is 0 Å². The van der Waals surface area contributed by atoms with E-state index < -0.39 is 12.6 Å². The Labute approximate surface area is 112 Å². The Balaban J connectivity index is 2.68. The molecule has 3 N–H and O–H groups in total. The third-order valence-electron chi connectivity index (χ3n) is 3.54. The summed E-state index contributed by atoms with van der Waals surface area (Å²) in [5.74, 6) is 5.51. The van der Waals surface area contributed by atoms with Crippen molar-refractivity contribution in [3.8, 4) is 0 Å². The zero-order valence-corrected chi connectivity index (χ0v) is 11.3. The largest absolute Gasteiger partial charge is 0.389 e. The van der Waals surface area contributed by atoms with E-state index in [4.69, 9.17) is 5.84 Å². The average molecular weight is 274 g/mol. The lowest BCUT2D eigenvalue weighted by atomic mass is 9.76. The molecule has 19 heavy (non-hydrogen) atoms. The monoisotopic (exact) mass is 274 g/mol. The second-order valence-electron chi connectivity index (χ2n) is 5.31. The van der Waals surface area contributed by atoms with E-state index in [9.17, 15) is 13.2 Å². The van der Waals surface area contributed by atoms with Gasteiger partial charge in [-0.15, -0.1) is 0 Å². The van der Waals surface area contributed by atoms with Crippen molar-refractivity contribution in [3.05, 3.63) is 35.9 Å². The van der Waals surface area contributed by atoms with Gasteiger partial charge < -0.3 is 0 Å². The lowest BCUT2D eigenvalue weighted by Crippen LogP contribution is -2.48. The maximum atomic E-state index is 12.2. The lowest BCUT2D eigenvalue weighted by Gasteiger charge is -2.34. The summed E-state index contributed by atoms with van der Waals surface area (Å²) < 4.78 is 36.5. The summed E-state index contributed by atoms with van der Waals surface area (Å²) in [4.78, 5) is 0. The van der Waals surface area contributed by atoms with Crippen LogP contribution in [0.2, 0.25) is 0 Å². The quantitative estimate of drug-likeness (QED) is 0.615. The topological polar surface area (TPSA) is 38.0 Å². The van der Waals surface area contributed by atoms with E-state index in [1.165, 1.54) is 0 Å². The Morgan fingerprint density at radius 3 is 2.21 bits per heavy atom. The molecule has 0 aliphatic carbocycles. The van der Waals surface area contributed by atoms with E-state index in [0.29, 0.717) is 6.42 Å². The number of hydrazine groups is 1. The zero-order valence-electron chi connectivity index (χ0n) is 11.3. The molecule has 0 fully saturated rings. The predicted molar refractivity (Wildman–Crippen MR) is 70.5 cm³/mol. The van der Waals surface area contributed by atoms with Gasteiger partial charge in [-0.2, -0.15) is 13.2 Å². The smallest absolute Gasteiger partial charge is 0.271 e. The van der Waals surface area contributed by atoms with Crippen molar-refractivity contribution in [1.82, 2.24) is 5.43 Å². The maximum Gasteiger partial charge on any atom is 0.389 e.